The van der Waals surface area contributed by atoms with Gasteiger partial charge < -0.3 is 9.84 Å². The molecule has 1 atom stereocenters. The van der Waals surface area contributed by atoms with Gasteiger partial charge in [-0.3, -0.25) is 0 Å². The van der Waals surface area contributed by atoms with Gasteiger partial charge in [-0.1, -0.05) is 84.9 Å². The summed E-state index contributed by atoms with van der Waals surface area (Å²) in [6.07, 6.45) is -0.920. The van der Waals surface area contributed by atoms with Crippen molar-refractivity contribution in [2.24, 2.45) is 0 Å². The van der Waals surface area contributed by atoms with Gasteiger partial charge in [-0.05, 0) is 11.1 Å². The molecule has 4 rings (SSSR count). The number of hydrogen-bond donors (Lipinski definition) is 1. The molecule has 0 spiro atoms. The van der Waals surface area contributed by atoms with E-state index in [0.717, 1.165) is 22.3 Å². The highest BCUT2D eigenvalue weighted by Gasteiger charge is 2.47. The second kappa shape index (κ2) is 5.09. The van der Waals surface area contributed by atoms with Crippen molar-refractivity contribution in [1.82, 2.24) is 0 Å². The molecule has 2 heteroatoms. The summed E-state index contributed by atoms with van der Waals surface area (Å²) in [5, 5.41) is 10.4. The molecule has 0 saturated carbocycles. The molecule has 22 heavy (non-hydrogen) atoms. The molecule has 1 heterocycles. The third-order valence-electron chi connectivity index (χ3n) is 4.26. The highest BCUT2D eigenvalue weighted by Crippen LogP contribution is 2.50. The Labute approximate surface area is 129 Å². The van der Waals surface area contributed by atoms with Gasteiger partial charge in [0, 0.05) is 11.1 Å². The van der Waals surface area contributed by atoms with Crippen molar-refractivity contribution in [3.8, 4) is 0 Å². The first-order valence-corrected chi connectivity index (χ1v) is 7.39. The van der Waals surface area contributed by atoms with Gasteiger partial charge in [0.2, 0.25) is 0 Å². The van der Waals surface area contributed by atoms with Gasteiger partial charge in [0.25, 0.3) is 0 Å². The molecule has 0 radical (unpaired) electrons. The fourth-order valence-electron chi connectivity index (χ4n) is 3.29. The van der Waals surface area contributed by atoms with Crippen LogP contribution in [0.1, 0.15) is 28.5 Å². The molecule has 0 fully saturated rings. The molecular weight excluding hydrogens is 272 g/mol. The Kier molecular flexibility index (Phi) is 3.07. The zero-order chi connectivity index (χ0) is 15.0. The Bertz CT molecular complexity index is 742. The van der Waals surface area contributed by atoms with Gasteiger partial charge in [-0.25, -0.2) is 0 Å². The van der Waals surface area contributed by atoms with Crippen LogP contribution in [-0.2, 0) is 10.3 Å². The quantitative estimate of drug-likeness (QED) is 0.772. The molecule has 1 N–H and O–H groups in total. The lowest BCUT2D eigenvalue weighted by Gasteiger charge is -2.31. The van der Waals surface area contributed by atoms with Gasteiger partial charge in [-0.2, -0.15) is 0 Å². The van der Waals surface area contributed by atoms with Crippen molar-refractivity contribution < 1.29 is 9.84 Å². The second-order valence-corrected chi connectivity index (χ2v) is 5.47. The Morgan fingerprint density at radius 2 is 1.18 bits per heavy atom. The van der Waals surface area contributed by atoms with Crippen LogP contribution in [0.25, 0.3) is 0 Å². The van der Waals surface area contributed by atoms with Gasteiger partial charge in [0.15, 0.2) is 6.29 Å². The first kappa shape index (κ1) is 13.3. The summed E-state index contributed by atoms with van der Waals surface area (Å²) >= 11 is 0. The fourth-order valence-corrected chi connectivity index (χ4v) is 3.29. The fraction of sp³-hybridized carbons (Fsp3) is 0.100. The van der Waals surface area contributed by atoms with Crippen LogP contribution < -0.4 is 0 Å². The minimum absolute atomic E-state index is 0.765. The topological polar surface area (TPSA) is 29.5 Å². The molecule has 1 unspecified atom stereocenters. The number of ether oxygens (including phenoxy) is 1. The summed E-state index contributed by atoms with van der Waals surface area (Å²) in [6.45, 7) is 0. The van der Waals surface area contributed by atoms with E-state index in [1.165, 1.54) is 0 Å². The molecule has 1 aliphatic heterocycles. The lowest BCUT2D eigenvalue weighted by atomic mass is 9.80. The second-order valence-electron chi connectivity index (χ2n) is 5.47. The molecule has 108 valence electrons. The molecular formula is C20H16O2. The molecule has 3 aromatic rings. The number of aliphatic hydroxyl groups is 1. The molecule has 0 aromatic heterocycles. The van der Waals surface area contributed by atoms with Crippen LogP contribution in [0.2, 0.25) is 0 Å². The number of fused-ring (bicyclic) bond motifs is 1. The first-order valence-electron chi connectivity index (χ1n) is 7.39. The summed E-state index contributed by atoms with van der Waals surface area (Å²) in [7, 11) is 0. The minimum atomic E-state index is -0.920. The predicted octanol–water partition coefficient (Wildman–Crippen LogP) is 4.00. The van der Waals surface area contributed by atoms with E-state index in [0.29, 0.717) is 0 Å². The van der Waals surface area contributed by atoms with Gasteiger partial charge in [0.05, 0.1) is 0 Å². The molecule has 0 aliphatic carbocycles. The number of aliphatic hydroxyl groups excluding tert-OH is 1. The molecule has 0 amide bonds. The van der Waals surface area contributed by atoms with Crippen molar-refractivity contribution in [3.05, 3.63) is 107 Å². The van der Waals surface area contributed by atoms with Crippen LogP contribution in [0.5, 0.6) is 0 Å². The van der Waals surface area contributed by atoms with E-state index < -0.39 is 11.9 Å². The maximum Gasteiger partial charge on any atom is 0.183 e. The Hall–Kier alpha value is -2.42. The van der Waals surface area contributed by atoms with Crippen LogP contribution in [0.15, 0.2) is 84.9 Å². The Morgan fingerprint density at radius 1 is 0.682 bits per heavy atom. The van der Waals surface area contributed by atoms with Crippen molar-refractivity contribution in [3.63, 3.8) is 0 Å². The largest absolute Gasteiger partial charge is 0.364 e. The van der Waals surface area contributed by atoms with Crippen LogP contribution in [0.3, 0.4) is 0 Å². The SMILES string of the molecule is OC1OC(c2ccccc2)(c2ccccc2)c2ccccc21. The number of hydrogen-bond acceptors (Lipinski definition) is 2. The third-order valence-corrected chi connectivity index (χ3v) is 4.26. The summed E-state index contributed by atoms with van der Waals surface area (Å²) < 4.78 is 6.15. The van der Waals surface area contributed by atoms with Crippen LogP contribution in [-0.4, -0.2) is 5.11 Å². The third kappa shape index (κ3) is 1.82. The molecule has 2 nitrogen and oxygen atoms in total. The first-order chi connectivity index (χ1) is 10.8. The maximum absolute atomic E-state index is 10.4. The molecule has 3 aromatic carbocycles. The van der Waals surface area contributed by atoms with Crippen LogP contribution in [0.4, 0.5) is 0 Å². The van der Waals surface area contributed by atoms with E-state index in [4.69, 9.17) is 4.74 Å². The van der Waals surface area contributed by atoms with Gasteiger partial charge >= 0.3 is 0 Å². The van der Waals surface area contributed by atoms with E-state index in [1.54, 1.807) is 0 Å². The average Bonchev–Trinajstić information content (AvgIpc) is 2.91. The molecule has 0 saturated heterocycles. The van der Waals surface area contributed by atoms with Crippen molar-refractivity contribution in [2.75, 3.05) is 0 Å². The monoisotopic (exact) mass is 288 g/mol. The molecule has 1 aliphatic rings. The van der Waals surface area contributed by atoms with Crippen molar-refractivity contribution in [2.45, 2.75) is 11.9 Å². The van der Waals surface area contributed by atoms with Crippen LogP contribution >= 0.6 is 0 Å². The van der Waals surface area contributed by atoms with E-state index in [9.17, 15) is 5.11 Å². The van der Waals surface area contributed by atoms with Gasteiger partial charge in [-0.15, -0.1) is 0 Å². The number of rotatable bonds is 2. The zero-order valence-electron chi connectivity index (χ0n) is 12.0. The van der Waals surface area contributed by atoms with E-state index in [2.05, 4.69) is 0 Å². The minimum Gasteiger partial charge on any atom is -0.364 e. The van der Waals surface area contributed by atoms with Gasteiger partial charge in [0.1, 0.15) is 5.60 Å². The summed E-state index contributed by atoms with van der Waals surface area (Å²) in [6, 6.07) is 28.0. The van der Waals surface area contributed by atoms with E-state index in [1.807, 2.05) is 84.9 Å². The zero-order valence-corrected chi connectivity index (χ0v) is 12.0. The highest BCUT2D eigenvalue weighted by atomic mass is 16.6. The lowest BCUT2D eigenvalue weighted by molar-refractivity contribution is -0.140. The lowest BCUT2D eigenvalue weighted by Crippen LogP contribution is -2.29. The predicted molar refractivity (Wildman–Crippen MR) is 85.3 cm³/mol. The summed E-state index contributed by atoms with van der Waals surface area (Å²) in [4.78, 5) is 0. The molecule has 0 bridgehead atoms. The number of benzene rings is 3. The maximum atomic E-state index is 10.4. The average molecular weight is 288 g/mol. The summed E-state index contributed by atoms with van der Waals surface area (Å²) in [5.74, 6) is 0. The highest BCUT2D eigenvalue weighted by molar-refractivity contribution is 5.53. The van der Waals surface area contributed by atoms with E-state index >= 15 is 0 Å². The van der Waals surface area contributed by atoms with E-state index in [-0.39, 0.29) is 0 Å². The smallest absolute Gasteiger partial charge is 0.183 e. The summed E-state index contributed by atoms with van der Waals surface area (Å²) in [5.41, 5.74) is 3.10. The normalized spacial score (nSPS) is 18.9. The Morgan fingerprint density at radius 3 is 1.77 bits per heavy atom. The van der Waals surface area contributed by atoms with Crippen LogP contribution in [0, 0.1) is 0 Å². The van der Waals surface area contributed by atoms with Crippen molar-refractivity contribution in [1.29, 1.82) is 0 Å². The Balaban J connectivity index is 2.04. The standard InChI is InChI=1S/C20H16O2/c21-19-17-13-7-8-14-18(17)20(22-19,15-9-3-1-4-10-15)16-11-5-2-6-12-16/h1-14,19,21H. The van der Waals surface area contributed by atoms with Crippen molar-refractivity contribution >= 4 is 0 Å².